The van der Waals surface area contributed by atoms with E-state index in [-0.39, 0.29) is 29.6 Å². The minimum absolute atomic E-state index is 0.159. The summed E-state index contributed by atoms with van der Waals surface area (Å²) >= 11 is 0. The van der Waals surface area contributed by atoms with Crippen molar-refractivity contribution in [2.75, 3.05) is 10.6 Å². The minimum atomic E-state index is -0.519. The molecule has 0 saturated heterocycles. The molecule has 2 N–H and O–H groups in total. The Morgan fingerprint density at radius 3 is 2.13 bits per heavy atom. The van der Waals surface area contributed by atoms with Crippen LogP contribution in [0, 0.1) is 0 Å². The maximum absolute atomic E-state index is 12.9. The lowest BCUT2D eigenvalue weighted by Crippen LogP contribution is -2.37. The number of hydrogen-bond donors (Lipinski definition) is 2. The fourth-order valence-corrected chi connectivity index (χ4v) is 3.21. The van der Waals surface area contributed by atoms with Crippen LogP contribution < -0.4 is 21.9 Å². The van der Waals surface area contributed by atoms with Crippen LogP contribution in [0.5, 0.6) is 0 Å². The van der Waals surface area contributed by atoms with Gasteiger partial charge < -0.3 is 10.6 Å². The summed E-state index contributed by atoms with van der Waals surface area (Å²) in [6, 6.07) is 18.3. The quantitative estimate of drug-likeness (QED) is 0.528. The molecule has 0 atom stereocenters. The van der Waals surface area contributed by atoms with Crippen molar-refractivity contribution < 1.29 is 4.79 Å². The van der Waals surface area contributed by atoms with E-state index in [9.17, 15) is 14.4 Å². The van der Waals surface area contributed by atoms with Crippen molar-refractivity contribution >= 4 is 34.4 Å². The molecule has 0 radical (unpaired) electrons. The van der Waals surface area contributed by atoms with E-state index in [1.807, 2.05) is 48.5 Å². The van der Waals surface area contributed by atoms with Gasteiger partial charge in [0.1, 0.15) is 6.54 Å². The van der Waals surface area contributed by atoms with E-state index < -0.39 is 11.2 Å². The number of benzene rings is 2. The SMILES string of the molecule is Cn1c(=O)c2c(nc(Nc3ccccc3)n2CC(=O)Nc2ccccc2)n(C)c1=O. The molecule has 0 saturated carbocycles. The number of nitrogens with zero attached hydrogens (tertiary/aromatic N) is 4. The second kappa shape index (κ2) is 7.70. The van der Waals surface area contributed by atoms with Crippen LogP contribution in [-0.2, 0) is 25.4 Å². The number of carbonyl (C=O) groups is 1. The van der Waals surface area contributed by atoms with E-state index in [1.54, 1.807) is 12.1 Å². The summed E-state index contributed by atoms with van der Waals surface area (Å²) in [6.45, 7) is -0.159. The van der Waals surface area contributed by atoms with Gasteiger partial charge in [-0.2, -0.15) is 4.98 Å². The molecule has 2 aromatic carbocycles. The Bertz CT molecular complexity index is 1340. The molecular formula is C21H20N6O3. The lowest BCUT2D eigenvalue weighted by molar-refractivity contribution is -0.116. The number of hydrogen-bond acceptors (Lipinski definition) is 5. The molecule has 0 aliphatic heterocycles. The van der Waals surface area contributed by atoms with E-state index >= 15 is 0 Å². The number of amides is 1. The third-order valence-electron chi connectivity index (χ3n) is 4.74. The van der Waals surface area contributed by atoms with Crippen LogP contribution in [0.4, 0.5) is 17.3 Å². The van der Waals surface area contributed by atoms with E-state index in [0.717, 1.165) is 10.3 Å². The van der Waals surface area contributed by atoms with E-state index in [1.165, 1.54) is 23.2 Å². The van der Waals surface area contributed by atoms with Crippen molar-refractivity contribution in [3.05, 3.63) is 81.5 Å². The van der Waals surface area contributed by atoms with Crippen molar-refractivity contribution in [1.82, 2.24) is 18.7 Å². The molecule has 0 spiro atoms. The smallest absolute Gasteiger partial charge is 0.326 e. The van der Waals surface area contributed by atoms with Crippen LogP contribution in [0.2, 0.25) is 0 Å². The normalized spacial score (nSPS) is 10.9. The molecular weight excluding hydrogens is 384 g/mol. The summed E-state index contributed by atoms with van der Waals surface area (Å²) < 4.78 is 3.78. The monoisotopic (exact) mass is 404 g/mol. The number of rotatable bonds is 5. The highest BCUT2D eigenvalue weighted by atomic mass is 16.2. The Balaban J connectivity index is 1.82. The van der Waals surface area contributed by atoms with Gasteiger partial charge in [-0.1, -0.05) is 36.4 Å². The fourth-order valence-electron chi connectivity index (χ4n) is 3.21. The highest BCUT2D eigenvalue weighted by Crippen LogP contribution is 2.20. The number of anilines is 3. The molecule has 2 aromatic heterocycles. The number of aryl methyl sites for hydroxylation is 1. The molecule has 1 amide bonds. The number of fused-ring (bicyclic) bond motifs is 1. The summed E-state index contributed by atoms with van der Waals surface area (Å²) in [5.41, 5.74) is 0.741. The van der Waals surface area contributed by atoms with E-state index in [0.29, 0.717) is 5.69 Å². The average molecular weight is 404 g/mol. The van der Waals surface area contributed by atoms with Crippen molar-refractivity contribution in [3.63, 3.8) is 0 Å². The Kier molecular flexibility index (Phi) is 4.93. The zero-order chi connectivity index (χ0) is 21.3. The first-order chi connectivity index (χ1) is 14.5. The second-order valence-electron chi connectivity index (χ2n) is 6.80. The summed E-state index contributed by atoms with van der Waals surface area (Å²) in [7, 11) is 2.94. The summed E-state index contributed by atoms with van der Waals surface area (Å²) in [5.74, 6) is -0.0368. The zero-order valence-electron chi connectivity index (χ0n) is 16.5. The van der Waals surface area contributed by atoms with Gasteiger partial charge in [-0.15, -0.1) is 0 Å². The molecule has 30 heavy (non-hydrogen) atoms. The molecule has 0 aliphatic carbocycles. The Hall–Kier alpha value is -4.14. The lowest BCUT2D eigenvalue weighted by atomic mass is 10.3. The highest BCUT2D eigenvalue weighted by molar-refractivity contribution is 5.92. The van der Waals surface area contributed by atoms with Crippen molar-refractivity contribution in [1.29, 1.82) is 0 Å². The number of para-hydroxylation sites is 2. The van der Waals surface area contributed by atoms with Crippen LogP contribution in [-0.4, -0.2) is 24.6 Å². The van der Waals surface area contributed by atoms with Gasteiger partial charge in [0.2, 0.25) is 11.9 Å². The third-order valence-corrected chi connectivity index (χ3v) is 4.74. The Morgan fingerprint density at radius 1 is 0.900 bits per heavy atom. The van der Waals surface area contributed by atoms with Gasteiger partial charge in [-0.25, -0.2) is 4.79 Å². The molecule has 9 heteroatoms. The maximum atomic E-state index is 12.9. The molecule has 0 aliphatic rings. The zero-order valence-corrected chi connectivity index (χ0v) is 16.5. The van der Waals surface area contributed by atoms with Crippen LogP contribution in [0.1, 0.15) is 0 Å². The molecule has 4 aromatic rings. The Labute approximate surface area is 171 Å². The van der Waals surface area contributed by atoms with Gasteiger partial charge in [0.25, 0.3) is 5.56 Å². The number of imidazole rings is 1. The van der Waals surface area contributed by atoms with Gasteiger partial charge in [0.05, 0.1) is 0 Å². The number of carbonyl (C=O) groups excluding carboxylic acids is 1. The van der Waals surface area contributed by atoms with Crippen molar-refractivity contribution in [3.8, 4) is 0 Å². The third kappa shape index (κ3) is 3.48. The molecule has 9 nitrogen and oxygen atoms in total. The second-order valence-corrected chi connectivity index (χ2v) is 6.80. The van der Waals surface area contributed by atoms with Gasteiger partial charge in [-0.05, 0) is 24.3 Å². The standard InChI is InChI=1S/C21H20N6O3/c1-25-18-17(19(29)26(2)21(25)30)27(13-16(28)22-14-9-5-3-6-10-14)20(24-18)23-15-11-7-4-8-12-15/h3-12H,13H2,1-2H3,(H,22,28)(H,23,24). The molecule has 4 rings (SSSR count). The fraction of sp³-hybridized carbons (Fsp3) is 0.143. The minimum Gasteiger partial charge on any atom is -0.326 e. The molecule has 152 valence electrons. The highest BCUT2D eigenvalue weighted by Gasteiger charge is 2.21. The van der Waals surface area contributed by atoms with Crippen LogP contribution >= 0.6 is 0 Å². The van der Waals surface area contributed by atoms with Crippen molar-refractivity contribution in [2.24, 2.45) is 14.1 Å². The largest absolute Gasteiger partial charge is 0.332 e. The van der Waals surface area contributed by atoms with Gasteiger partial charge in [0, 0.05) is 25.5 Å². The van der Waals surface area contributed by atoms with Crippen molar-refractivity contribution in [2.45, 2.75) is 6.54 Å². The van der Waals surface area contributed by atoms with Gasteiger partial charge >= 0.3 is 5.69 Å². The van der Waals surface area contributed by atoms with E-state index in [4.69, 9.17) is 0 Å². The first-order valence-corrected chi connectivity index (χ1v) is 9.29. The molecule has 2 heterocycles. The number of nitrogens with one attached hydrogen (secondary N) is 2. The maximum Gasteiger partial charge on any atom is 0.332 e. The summed E-state index contributed by atoms with van der Waals surface area (Å²) in [4.78, 5) is 42.3. The van der Waals surface area contributed by atoms with Crippen LogP contribution in [0.25, 0.3) is 11.2 Å². The van der Waals surface area contributed by atoms with Gasteiger partial charge in [-0.3, -0.25) is 23.3 Å². The molecule has 0 fully saturated rings. The lowest BCUT2D eigenvalue weighted by Gasteiger charge is -2.11. The first kappa shape index (κ1) is 19.2. The van der Waals surface area contributed by atoms with Crippen LogP contribution in [0.15, 0.2) is 70.3 Å². The topological polar surface area (TPSA) is 103 Å². The predicted octanol–water partition coefficient (Wildman–Crippen LogP) is 1.82. The van der Waals surface area contributed by atoms with Gasteiger partial charge in [0.15, 0.2) is 11.2 Å². The number of aromatic nitrogens is 4. The summed E-state index contributed by atoms with van der Waals surface area (Å²) in [5, 5.41) is 5.94. The molecule has 0 unspecified atom stereocenters. The predicted molar refractivity (Wildman–Crippen MR) is 115 cm³/mol. The van der Waals surface area contributed by atoms with E-state index in [2.05, 4.69) is 15.6 Å². The first-order valence-electron chi connectivity index (χ1n) is 9.29. The average Bonchev–Trinajstić information content (AvgIpc) is 3.10. The summed E-state index contributed by atoms with van der Waals surface area (Å²) in [6.07, 6.45) is 0. The van der Waals surface area contributed by atoms with Crippen LogP contribution in [0.3, 0.4) is 0 Å². The Morgan fingerprint density at radius 2 is 1.50 bits per heavy atom. The molecule has 0 bridgehead atoms.